The van der Waals surface area contributed by atoms with Crippen LogP contribution in [0.3, 0.4) is 0 Å². The minimum absolute atomic E-state index is 0.0719. The molecule has 2 unspecified atom stereocenters. The molecule has 0 spiro atoms. The summed E-state index contributed by atoms with van der Waals surface area (Å²) < 4.78 is 0. The van der Waals surface area contributed by atoms with E-state index < -0.39 is 5.97 Å². The average molecular weight is 431 g/mol. The average Bonchev–Trinajstić information content (AvgIpc) is 3.27. The first-order chi connectivity index (χ1) is 15.5. The Morgan fingerprint density at radius 3 is 2.53 bits per heavy atom. The number of nitrogens with one attached hydrogen (secondary N) is 2. The van der Waals surface area contributed by atoms with E-state index in [0.717, 1.165) is 19.3 Å². The third-order valence-corrected chi connectivity index (χ3v) is 6.48. The molecule has 3 aromatic rings. The van der Waals surface area contributed by atoms with Crippen molar-refractivity contribution >= 4 is 22.6 Å². The number of carbonyl (C=O) groups is 2. The van der Waals surface area contributed by atoms with Crippen LogP contribution >= 0.6 is 0 Å². The Hall–Kier alpha value is -3.18. The van der Waals surface area contributed by atoms with Gasteiger partial charge in [0, 0.05) is 24.2 Å². The van der Waals surface area contributed by atoms with Gasteiger partial charge in [-0.15, -0.1) is 0 Å². The normalized spacial score (nSPS) is 19.0. The summed E-state index contributed by atoms with van der Waals surface area (Å²) in [6.45, 7) is 2.38. The van der Waals surface area contributed by atoms with Crippen molar-refractivity contribution in [2.45, 2.75) is 50.6 Å². The summed E-state index contributed by atoms with van der Waals surface area (Å²) in [5.41, 5.74) is 3.16. The van der Waals surface area contributed by atoms with Crippen molar-refractivity contribution in [3.63, 3.8) is 0 Å². The van der Waals surface area contributed by atoms with Gasteiger partial charge in [-0.05, 0) is 66.1 Å². The predicted molar refractivity (Wildman–Crippen MR) is 127 cm³/mol. The van der Waals surface area contributed by atoms with Crippen LogP contribution in [0.1, 0.15) is 66.1 Å². The van der Waals surface area contributed by atoms with Gasteiger partial charge in [0.05, 0.1) is 6.42 Å². The van der Waals surface area contributed by atoms with Crippen molar-refractivity contribution in [1.29, 1.82) is 0 Å². The number of carboxylic acid groups (broad SMARTS) is 1. The van der Waals surface area contributed by atoms with Crippen molar-refractivity contribution in [1.82, 2.24) is 10.6 Å². The molecule has 0 saturated heterocycles. The maximum Gasteiger partial charge on any atom is 0.305 e. The zero-order valence-corrected chi connectivity index (χ0v) is 18.4. The third kappa shape index (κ3) is 5.17. The first kappa shape index (κ1) is 22.0. The van der Waals surface area contributed by atoms with E-state index >= 15 is 0 Å². The van der Waals surface area contributed by atoms with Crippen LogP contribution in [0.4, 0.5) is 0 Å². The van der Waals surface area contributed by atoms with E-state index in [4.69, 9.17) is 5.11 Å². The summed E-state index contributed by atoms with van der Waals surface area (Å²) in [7, 11) is 0. The van der Waals surface area contributed by atoms with Crippen molar-refractivity contribution in [2.75, 3.05) is 6.54 Å². The van der Waals surface area contributed by atoms with Gasteiger partial charge in [-0.1, -0.05) is 54.6 Å². The lowest BCUT2D eigenvalue weighted by Crippen LogP contribution is -2.29. The minimum Gasteiger partial charge on any atom is -0.481 e. The van der Waals surface area contributed by atoms with E-state index in [1.807, 2.05) is 24.3 Å². The fourth-order valence-electron chi connectivity index (χ4n) is 4.80. The molecular formula is C27H30N2O3. The Balaban J connectivity index is 1.34. The molecule has 1 aliphatic carbocycles. The van der Waals surface area contributed by atoms with Crippen molar-refractivity contribution in [3.8, 4) is 0 Å². The zero-order valence-electron chi connectivity index (χ0n) is 18.4. The number of rotatable bonds is 8. The molecule has 4 rings (SSSR count). The van der Waals surface area contributed by atoms with Gasteiger partial charge in [0.25, 0.3) is 5.91 Å². The molecule has 3 atom stereocenters. The van der Waals surface area contributed by atoms with Crippen molar-refractivity contribution < 1.29 is 14.7 Å². The van der Waals surface area contributed by atoms with Gasteiger partial charge >= 0.3 is 5.97 Å². The number of hydrogen-bond acceptors (Lipinski definition) is 3. The fourth-order valence-corrected chi connectivity index (χ4v) is 4.80. The Kier molecular flexibility index (Phi) is 6.86. The quantitative estimate of drug-likeness (QED) is 0.468. The highest BCUT2D eigenvalue weighted by Gasteiger charge is 2.27. The van der Waals surface area contributed by atoms with E-state index in [-0.39, 0.29) is 24.9 Å². The molecule has 166 valence electrons. The Morgan fingerprint density at radius 1 is 1.00 bits per heavy atom. The van der Waals surface area contributed by atoms with Crippen LogP contribution in [0.25, 0.3) is 10.8 Å². The van der Waals surface area contributed by atoms with Crippen LogP contribution in [0.2, 0.25) is 0 Å². The standard InChI is InChI=1S/C27H30N2O3/c1-18(24-8-4-6-20-5-2-3-7-25(20)24)29-23-14-13-22(17-23)19-9-11-21(12-10-19)27(32)28-16-15-26(30)31/h2-12,18,22-23,29H,13-17H2,1H3,(H,28,32)(H,30,31)/t18-,22?,23?/m1/s1. The van der Waals surface area contributed by atoms with Crippen LogP contribution in [-0.2, 0) is 4.79 Å². The van der Waals surface area contributed by atoms with Crippen molar-refractivity contribution in [3.05, 3.63) is 83.4 Å². The first-order valence-electron chi connectivity index (χ1n) is 11.3. The molecule has 0 heterocycles. The topological polar surface area (TPSA) is 78.4 Å². The summed E-state index contributed by atoms with van der Waals surface area (Å²) in [6.07, 6.45) is 3.28. The van der Waals surface area contributed by atoms with Gasteiger partial charge in [0.2, 0.25) is 0 Å². The fraction of sp³-hybridized carbons (Fsp3) is 0.333. The summed E-state index contributed by atoms with van der Waals surface area (Å²) in [5, 5.41) is 17.7. The second-order valence-electron chi connectivity index (χ2n) is 8.69. The lowest BCUT2D eigenvalue weighted by Gasteiger charge is -2.21. The monoisotopic (exact) mass is 430 g/mol. The number of carboxylic acids is 1. The van der Waals surface area contributed by atoms with Gasteiger partial charge in [-0.3, -0.25) is 9.59 Å². The number of benzene rings is 3. The second-order valence-corrected chi connectivity index (χ2v) is 8.69. The zero-order chi connectivity index (χ0) is 22.5. The molecule has 3 N–H and O–H groups in total. The molecule has 5 nitrogen and oxygen atoms in total. The lowest BCUT2D eigenvalue weighted by atomic mass is 9.96. The molecule has 0 radical (unpaired) electrons. The summed E-state index contributed by atoms with van der Waals surface area (Å²) >= 11 is 0. The molecule has 5 heteroatoms. The van der Waals surface area contributed by atoms with Crippen LogP contribution in [0.15, 0.2) is 66.7 Å². The molecule has 1 fully saturated rings. The maximum absolute atomic E-state index is 12.1. The van der Waals surface area contributed by atoms with Gasteiger partial charge in [0.15, 0.2) is 0 Å². The minimum atomic E-state index is -0.917. The van der Waals surface area contributed by atoms with Gasteiger partial charge in [-0.2, -0.15) is 0 Å². The van der Waals surface area contributed by atoms with Gasteiger partial charge in [-0.25, -0.2) is 0 Å². The molecule has 32 heavy (non-hydrogen) atoms. The van der Waals surface area contributed by atoms with Gasteiger partial charge in [0.1, 0.15) is 0 Å². The largest absolute Gasteiger partial charge is 0.481 e. The Bertz CT molecular complexity index is 1090. The van der Waals surface area contributed by atoms with E-state index in [1.165, 1.54) is 21.9 Å². The SMILES string of the molecule is C[C@@H](NC1CCC(c2ccc(C(=O)NCCC(=O)O)cc2)C1)c1cccc2ccccc12. The summed E-state index contributed by atoms with van der Waals surface area (Å²) in [6, 6.07) is 23.5. The first-order valence-corrected chi connectivity index (χ1v) is 11.3. The van der Waals surface area contributed by atoms with Crippen molar-refractivity contribution in [2.24, 2.45) is 0 Å². The van der Waals surface area contributed by atoms with E-state index in [0.29, 0.717) is 17.5 Å². The second kappa shape index (κ2) is 9.96. The predicted octanol–water partition coefficient (Wildman–Crippen LogP) is 5.03. The molecule has 1 saturated carbocycles. The Labute approximate surface area is 188 Å². The number of hydrogen-bond donors (Lipinski definition) is 3. The lowest BCUT2D eigenvalue weighted by molar-refractivity contribution is -0.136. The smallest absolute Gasteiger partial charge is 0.305 e. The van der Waals surface area contributed by atoms with Crippen LogP contribution in [0.5, 0.6) is 0 Å². The highest BCUT2D eigenvalue weighted by molar-refractivity contribution is 5.94. The number of amides is 1. The number of aliphatic carboxylic acids is 1. The van der Waals surface area contributed by atoms with E-state index in [2.05, 4.69) is 60.0 Å². The number of fused-ring (bicyclic) bond motifs is 1. The van der Waals surface area contributed by atoms with E-state index in [9.17, 15) is 9.59 Å². The van der Waals surface area contributed by atoms with Crippen LogP contribution < -0.4 is 10.6 Å². The molecule has 1 amide bonds. The molecule has 0 aromatic heterocycles. The Morgan fingerprint density at radius 2 is 1.75 bits per heavy atom. The highest BCUT2D eigenvalue weighted by atomic mass is 16.4. The highest BCUT2D eigenvalue weighted by Crippen LogP contribution is 2.36. The number of carbonyl (C=O) groups excluding carboxylic acids is 1. The van der Waals surface area contributed by atoms with E-state index in [1.54, 1.807) is 0 Å². The molecular weight excluding hydrogens is 400 g/mol. The summed E-state index contributed by atoms with van der Waals surface area (Å²) in [4.78, 5) is 22.7. The van der Waals surface area contributed by atoms with Crippen LogP contribution in [-0.4, -0.2) is 29.6 Å². The maximum atomic E-state index is 12.1. The van der Waals surface area contributed by atoms with Gasteiger partial charge < -0.3 is 15.7 Å². The summed E-state index contributed by atoms with van der Waals surface area (Å²) in [5.74, 6) is -0.663. The molecule has 0 aliphatic heterocycles. The van der Waals surface area contributed by atoms with Crippen LogP contribution in [0, 0.1) is 0 Å². The molecule has 0 bridgehead atoms. The third-order valence-electron chi connectivity index (χ3n) is 6.48. The molecule has 3 aromatic carbocycles. The molecule has 1 aliphatic rings.